The number of hydrogen-bond acceptors (Lipinski definition) is 1. The van der Waals surface area contributed by atoms with Gasteiger partial charge < -0.3 is 0 Å². The average molecular weight is 159 g/mol. The lowest BCUT2D eigenvalue weighted by Gasteiger charge is -2.02. The summed E-state index contributed by atoms with van der Waals surface area (Å²) in [5.74, 6) is 0. The number of rotatable bonds is 1. The molecule has 60 valence electrons. The molecule has 12 heavy (non-hydrogen) atoms. The topological polar surface area (TPSA) is 15.4 Å². The molecule has 1 aromatic carbocycles. The summed E-state index contributed by atoms with van der Waals surface area (Å²) in [6.07, 6.45) is 0. The van der Waals surface area contributed by atoms with Gasteiger partial charge in [-0.25, -0.2) is 0 Å². The lowest BCUT2D eigenvalue weighted by Crippen LogP contribution is -2.11. The summed E-state index contributed by atoms with van der Waals surface area (Å²) in [4.78, 5) is 4.18. The second kappa shape index (κ2) is 2.58. The number of aliphatic imine (C=N–C) groups is 1. The van der Waals surface area contributed by atoms with E-state index in [1.54, 1.807) is 0 Å². The van der Waals surface area contributed by atoms with E-state index in [0.717, 1.165) is 11.4 Å². The molecule has 1 heterocycles. The van der Waals surface area contributed by atoms with E-state index in [1.165, 1.54) is 0 Å². The maximum Gasteiger partial charge on any atom is 0.319 e. The lowest BCUT2D eigenvalue weighted by molar-refractivity contribution is -0.466. The Bertz CT molecular complexity index is 371. The van der Waals surface area contributed by atoms with E-state index in [-0.39, 0.29) is 0 Å². The van der Waals surface area contributed by atoms with Crippen molar-refractivity contribution in [2.45, 2.75) is 19.9 Å². The van der Waals surface area contributed by atoms with E-state index in [0.29, 0.717) is 6.04 Å². The molecular weight excluding hydrogens is 148 g/mol. The van der Waals surface area contributed by atoms with Crippen LogP contribution in [0.15, 0.2) is 29.3 Å². The molecule has 0 amide bonds. The Morgan fingerprint density at radius 3 is 2.83 bits per heavy atom. The Balaban J connectivity index is 2.52. The smallest absolute Gasteiger partial charge is 0.179 e. The van der Waals surface area contributed by atoms with Gasteiger partial charge in [0.25, 0.3) is 0 Å². The van der Waals surface area contributed by atoms with Gasteiger partial charge >= 0.3 is 6.01 Å². The van der Waals surface area contributed by atoms with Crippen LogP contribution in [0.1, 0.15) is 13.8 Å². The molecule has 0 N–H and O–H groups in total. The summed E-state index contributed by atoms with van der Waals surface area (Å²) in [5.41, 5.74) is 2.18. The number of para-hydroxylation sites is 2. The summed E-state index contributed by atoms with van der Waals surface area (Å²) in [6.45, 7) is 4.26. The third-order valence-corrected chi connectivity index (χ3v) is 1.94. The summed E-state index contributed by atoms with van der Waals surface area (Å²) >= 11 is 0. The van der Waals surface area contributed by atoms with Crippen LogP contribution in [0, 0.1) is 0 Å². The summed E-state index contributed by atoms with van der Waals surface area (Å²) in [5, 5.41) is 0. The van der Waals surface area contributed by atoms with E-state index >= 15 is 0 Å². The van der Waals surface area contributed by atoms with Crippen molar-refractivity contribution in [1.82, 2.24) is 0 Å². The quantitative estimate of drug-likeness (QED) is 0.560. The molecule has 2 heteroatoms. The maximum absolute atomic E-state index is 4.18. The minimum Gasteiger partial charge on any atom is -0.179 e. The number of benzene rings is 1. The molecule has 0 aliphatic carbocycles. The molecule has 2 rings (SSSR count). The largest absolute Gasteiger partial charge is 0.319 e. The molecule has 2 nitrogen and oxygen atoms in total. The van der Waals surface area contributed by atoms with Gasteiger partial charge in [0.2, 0.25) is 5.69 Å². The van der Waals surface area contributed by atoms with Crippen LogP contribution in [0.5, 0.6) is 0 Å². The van der Waals surface area contributed by atoms with Crippen LogP contribution in [0.2, 0.25) is 0 Å². The monoisotopic (exact) mass is 159 g/mol. The van der Waals surface area contributed by atoms with Gasteiger partial charge in [0.05, 0.1) is 0 Å². The van der Waals surface area contributed by atoms with E-state index in [4.69, 9.17) is 0 Å². The van der Waals surface area contributed by atoms with E-state index < -0.39 is 0 Å². The molecule has 0 aromatic heterocycles. The van der Waals surface area contributed by atoms with Crippen LogP contribution in [0.25, 0.3) is 0 Å². The highest BCUT2D eigenvalue weighted by molar-refractivity contribution is 5.67. The first kappa shape index (κ1) is 7.26. The van der Waals surface area contributed by atoms with Crippen LogP contribution >= 0.6 is 0 Å². The Hall–Kier alpha value is -1.40. The molecule has 0 radical (unpaired) electrons. The number of fused-ring (bicyclic) bond motifs is 1. The van der Waals surface area contributed by atoms with Crippen LogP contribution in [0.3, 0.4) is 0 Å². The molecular formula is C10H11N2+. The van der Waals surface area contributed by atoms with Crippen molar-refractivity contribution in [3.63, 3.8) is 0 Å². The van der Waals surface area contributed by atoms with Crippen LogP contribution in [-0.4, -0.2) is 16.6 Å². The average Bonchev–Trinajstić information content (AvgIpc) is 2.47. The second-order valence-electron chi connectivity index (χ2n) is 3.16. The summed E-state index contributed by atoms with van der Waals surface area (Å²) in [6, 6.07) is 11.5. The first-order valence-corrected chi connectivity index (χ1v) is 4.13. The molecule has 1 aliphatic rings. The standard InChI is InChI=1S/C10H11N2/c1-8(2)12-7-11-9-5-3-4-6-10(9)12/h3-6,8H,1-2H3/q+1. The fourth-order valence-electron chi connectivity index (χ4n) is 1.32. The highest BCUT2D eigenvalue weighted by Crippen LogP contribution is 2.30. The molecule has 0 saturated heterocycles. The van der Waals surface area contributed by atoms with Crippen LogP contribution in [0.4, 0.5) is 11.4 Å². The molecule has 0 fully saturated rings. The van der Waals surface area contributed by atoms with Crippen molar-refractivity contribution in [3.05, 3.63) is 24.3 Å². The van der Waals surface area contributed by atoms with Crippen molar-refractivity contribution < 1.29 is 4.58 Å². The van der Waals surface area contributed by atoms with Crippen LogP contribution in [-0.2, 0) is 0 Å². The Kier molecular flexibility index (Phi) is 1.56. The molecule has 0 spiro atoms. The lowest BCUT2D eigenvalue weighted by atomic mass is 10.2. The number of hydrogen-bond donors (Lipinski definition) is 0. The zero-order valence-corrected chi connectivity index (χ0v) is 7.28. The van der Waals surface area contributed by atoms with Gasteiger partial charge in [-0.3, -0.25) is 0 Å². The van der Waals surface area contributed by atoms with Gasteiger partial charge in [-0.1, -0.05) is 12.1 Å². The Morgan fingerprint density at radius 2 is 2.08 bits per heavy atom. The Morgan fingerprint density at radius 1 is 1.33 bits per heavy atom. The van der Waals surface area contributed by atoms with Crippen molar-refractivity contribution in [2.24, 2.45) is 4.99 Å². The van der Waals surface area contributed by atoms with Crippen LogP contribution < -0.4 is 0 Å². The Labute approximate surface area is 71.9 Å². The zero-order valence-electron chi connectivity index (χ0n) is 7.28. The van der Waals surface area contributed by atoms with Gasteiger partial charge in [0.1, 0.15) is 6.04 Å². The predicted molar refractivity (Wildman–Crippen MR) is 48.6 cm³/mol. The van der Waals surface area contributed by atoms with Gasteiger partial charge in [0.15, 0.2) is 5.69 Å². The maximum atomic E-state index is 4.18. The minimum atomic E-state index is 0.428. The highest BCUT2D eigenvalue weighted by atomic mass is 15.1. The highest BCUT2D eigenvalue weighted by Gasteiger charge is 2.21. The van der Waals surface area contributed by atoms with Gasteiger partial charge in [0, 0.05) is 4.99 Å². The summed E-state index contributed by atoms with van der Waals surface area (Å²) in [7, 11) is 0. The third-order valence-electron chi connectivity index (χ3n) is 1.94. The second-order valence-corrected chi connectivity index (χ2v) is 3.16. The van der Waals surface area contributed by atoms with Crippen molar-refractivity contribution in [2.75, 3.05) is 0 Å². The first-order valence-electron chi connectivity index (χ1n) is 4.13. The molecule has 1 aliphatic heterocycles. The normalized spacial score (nSPS) is 13.4. The van der Waals surface area contributed by atoms with Crippen molar-refractivity contribution in [1.29, 1.82) is 0 Å². The first-order chi connectivity index (χ1) is 5.79. The fourth-order valence-corrected chi connectivity index (χ4v) is 1.32. The third kappa shape index (κ3) is 0.973. The van der Waals surface area contributed by atoms with E-state index in [1.807, 2.05) is 18.2 Å². The van der Waals surface area contributed by atoms with Gasteiger partial charge in [-0.15, -0.1) is 0 Å². The summed E-state index contributed by atoms with van der Waals surface area (Å²) < 4.78 is 2.05. The SMILES string of the molecule is CC(C)[N+]1=C=Nc2ccccc21. The molecule has 0 saturated carbocycles. The van der Waals surface area contributed by atoms with Gasteiger partial charge in [-0.05, 0) is 26.0 Å². The minimum absolute atomic E-state index is 0.428. The van der Waals surface area contributed by atoms with Crippen molar-refractivity contribution >= 4 is 17.4 Å². The molecule has 0 atom stereocenters. The van der Waals surface area contributed by atoms with E-state index in [9.17, 15) is 0 Å². The van der Waals surface area contributed by atoms with E-state index in [2.05, 4.69) is 35.5 Å². The molecule has 0 unspecified atom stereocenters. The van der Waals surface area contributed by atoms with Crippen molar-refractivity contribution in [3.8, 4) is 0 Å². The molecule has 0 bridgehead atoms. The predicted octanol–water partition coefficient (Wildman–Crippen LogP) is 2.56. The fraction of sp³-hybridized carbons (Fsp3) is 0.300. The number of nitrogens with zero attached hydrogens (tertiary/aromatic N) is 2. The van der Waals surface area contributed by atoms with Gasteiger partial charge in [-0.2, -0.15) is 4.58 Å². The zero-order chi connectivity index (χ0) is 8.55. The molecule has 1 aromatic rings.